The van der Waals surface area contributed by atoms with E-state index in [9.17, 15) is 0 Å². The van der Waals surface area contributed by atoms with Crippen molar-refractivity contribution in [1.29, 1.82) is 0 Å². The van der Waals surface area contributed by atoms with Crippen molar-refractivity contribution in [2.75, 3.05) is 11.9 Å². The van der Waals surface area contributed by atoms with E-state index in [1.54, 1.807) is 6.20 Å². The van der Waals surface area contributed by atoms with Crippen LogP contribution in [0.15, 0.2) is 48.9 Å². The summed E-state index contributed by atoms with van der Waals surface area (Å²) in [6.45, 7) is 6.56. The van der Waals surface area contributed by atoms with Gasteiger partial charge in [-0.3, -0.25) is 9.36 Å². The molecule has 0 spiro atoms. The molecule has 26 heavy (non-hydrogen) atoms. The Morgan fingerprint density at radius 3 is 2.65 bits per heavy atom. The number of nitrogens with zero attached hydrogens (tertiary/aromatic N) is 4. The molecule has 1 aromatic carbocycles. The van der Waals surface area contributed by atoms with E-state index in [1.807, 2.05) is 27.8 Å². The number of hydrogen-bond acceptors (Lipinski definition) is 3. The lowest BCUT2D eigenvalue weighted by atomic mass is 10.1. The first kappa shape index (κ1) is 18.1. The van der Waals surface area contributed by atoms with Crippen molar-refractivity contribution in [3.8, 4) is 0 Å². The Labute approximate surface area is 159 Å². The molecule has 0 atom stereocenters. The highest BCUT2D eigenvalue weighted by molar-refractivity contribution is 7.80. The predicted octanol–water partition coefficient (Wildman–Crippen LogP) is 3.12. The molecule has 0 unspecified atom stereocenters. The SMILES string of the molecule is Cc1ccc(Cn2cc(NC(=S)NCCCn3nccc3C)cn2)cc1. The molecule has 0 bridgehead atoms. The lowest BCUT2D eigenvalue weighted by Crippen LogP contribution is -2.29. The molecule has 7 heteroatoms. The molecular formula is C19H24N6S. The maximum atomic E-state index is 5.35. The lowest BCUT2D eigenvalue weighted by Gasteiger charge is -2.09. The van der Waals surface area contributed by atoms with Gasteiger partial charge in [0, 0.05) is 31.2 Å². The molecule has 0 aliphatic carbocycles. The Morgan fingerprint density at radius 1 is 1.12 bits per heavy atom. The van der Waals surface area contributed by atoms with Gasteiger partial charge in [-0.25, -0.2) is 0 Å². The maximum absolute atomic E-state index is 5.35. The van der Waals surface area contributed by atoms with Crippen molar-refractivity contribution in [3.05, 3.63) is 65.7 Å². The van der Waals surface area contributed by atoms with Crippen LogP contribution in [0.1, 0.15) is 23.2 Å². The zero-order chi connectivity index (χ0) is 18.4. The molecular weight excluding hydrogens is 344 g/mol. The first-order chi connectivity index (χ1) is 12.6. The molecule has 6 nitrogen and oxygen atoms in total. The number of hydrogen-bond donors (Lipinski definition) is 2. The van der Waals surface area contributed by atoms with Gasteiger partial charge in [-0.2, -0.15) is 10.2 Å². The van der Waals surface area contributed by atoms with Crippen molar-refractivity contribution in [2.24, 2.45) is 0 Å². The van der Waals surface area contributed by atoms with Gasteiger partial charge in [-0.05, 0) is 44.1 Å². The summed E-state index contributed by atoms with van der Waals surface area (Å²) in [5, 5.41) is 15.7. The first-order valence-corrected chi connectivity index (χ1v) is 9.12. The minimum atomic E-state index is 0.608. The predicted molar refractivity (Wildman–Crippen MR) is 108 cm³/mol. The van der Waals surface area contributed by atoms with E-state index in [2.05, 4.69) is 58.9 Å². The van der Waals surface area contributed by atoms with Gasteiger partial charge >= 0.3 is 0 Å². The van der Waals surface area contributed by atoms with E-state index in [0.29, 0.717) is 5.11 Å². The highest BCUT2D eigenvalue weighted by Gasteiger charge is 2.03. The third-order valence-electron chi connectivity index (χ3n) is 4.12. The molecule has 0 saturated carbocycles. The van der Waals surface area contributed by atoms with Gasteiger partial charge in [-0.15, -0.1) is 0 Å². The van der Waals surface area contributed by atoms with Crippen molar-refractivity contribution < 1.29 is 0 Å². The second kappa shape index (κ2) is 8.62. The number of nitrogens with one attached hydrogen (secondary N) is 2. The second-order valence-corrected chi connectivity index (χ2v) is 6.75. The van der Waals surface area contributed by atoms with E-state index >= 15 is 0 Å². The summed E-state index contributed by atoms with van der Waals surface area (Å²) in [6.07, 6.45) is 6.52. The van der Waals surface area contributed by atoms with Crippen molar-refractivity contribution in [3.63, 3.8) is 0 Å². The van der Waals surface area contributed by atoms with Crippen LogP contribution in [0, 0.1) is 13.8 Å². The fourth-order valence-electron chi connectivity index (χ4n) is 2.63. The number of anilines is 1. The zero-order valence-electron chi connectivity index (χ0n) is 15.1. The molecule has 3 aromatic rings. The minimum absolute atomic E-state index is 0.608. The number of thiocarbonyl (C=S) groups is 1. The normalized spacial score (nSPS) is 10.7. The molecule has 0 aliphatic heterocycles. The summed E-state index contributed by atoms with van der Waals surface area (Å²) in [6, 6.07) is 10.5. The van der Waals surface area contributed by atoms with E-state index < -0.39 is 0 Å². The summed E-state index contributed by atoms with van der Waals surface area (Å²) in [5.41, 5.74) is 4.54. The highest BCUT2D eigenvalue weighted by Crippen LogP contribution is 2.09. The molecule has 2 aromatic heterocycles. The van der Waals surface area contributed by atoms with Gasteiger partial charge in [0.25, 0.3) is 0 Å². The lowest BCUT2D eigenvalue weighted by molar-refractivity contribution is 0.561. The van der Waals surface area contributed by atoms with Crippen LogP contribution in [0.3, 0.4) is 0 Å². The second-order valence-electron chi connectivity index (χ2n) is 6.34. The fraction of sp³-hybridized carbons (Fsp3) is 0.316. The monoisotopic (exact) mass is 368 g/mol. The van der Waals surface area contributed by atoms with E-state index in [-0.39, 0.29) is 0 Å². The molecule has 3 rings (SSSR count). The third-order valence-corrected chi connectivity index (χ3v) is 4.36. The summed E-state index contributed by atoms with van der Waals surface area (Å²) in [5.74, 6) is 0. The Morgan fingerprint density at radius 2 is 1.92 bits per heavy atom. The van der Waals surface area contributed by atoms with Gasteiger partial charge in [-0.1, -0.05) is 29.8 Å². The Hall–Kier alpha value is -2.67. The Kier molecular flexibility index (Phi) is 6.01. The molecule has 0 saturated heterocycles. The topological polar surface area (TPSA) is 59.7 Å². The largest absolute Gasteiger partial charge is 0.362 e. The number of aryl methyl sites for hydroxylation is 3. The first-order valence-electron chi connectivity index (χ1n) is 8.71. The molecule has 136 valence electrons. The summed E-state index contributed by atoms with van der Waals surface area (Å²) in [4.78, 5) is 0. The average molecular weight is 369 g/mol. The van der Waals surface area contributed by atoms with Crippen molar-refractivity contribution >= 4 is 23.0 Å². The standard InChI is InChI=1S/C19H24N6S/c1-15-4-6-17(7-5-15)13-24-14-18(12-22-24)23-19(26)20-9-3-11-25-16(2)8-10-21-25/h4-8,10,12,14H,3,9,11,13H2,1-2H3,(H2,20,23,26). The van der Waals surface area contributed by atoms with Gasteiger partial charge in [0.2, 0.25) is 0 Å². The van der Waals surface area contributed by atoms with E-state index in [4.69, 9.17) is 12.2 Å². The van der Waals surface area contributed by atoms with Crippen LogP contribution in [0.2, 0.25) is 0 Å². The summed E-state index contributed by atoms with van der Waals surface area (Å²) in [7, 11) is 0. The van der Waals surface area contributed by atoms with Crippen LogP contribution in [-0.2, 0) is 13.1 Å². The van der Waals surface area contributed by atoms with E-state index in [0.717, 1.165) is 31.7 Å². The van der Waals surface area contributed by atoms with Crippen molar-refractivity contribution in [2.45, 2.75) is 33.4 Å². The van der Waals surface area contributed by atoms with Gasteiger partial charge in [0.1, 0.15) is 0 Å². The number of benzene rings is 1. The molecule has 0 fully saturated rings. The zero-order valence-corrected chi connectivity index (χ0v) is 16.0. The van der Waals surface area contributed by atoms with Crippen LogP contribution in [0.25, 0.3) is 0 Å². The highest BCUT2D eigenvalue weighted by atomic mass is 32.1. The third kappa shape index (κ3) is 5.16. The van der Waals surface area contributed by atoms with Crippen LogP contribution < -0.4 is 10.6 Å². The molecule has 2 N–H and O–H groups in total. The van der Waals surface area contributed by atoms with Crippen LogP contribution in [0.4, 0.5) is 5.69 Å². The van der Waals surface area contributed by atoms with Gasteiger partial charge in [0.05, 0.1) is 18.4 Å². The van der Waals surface area contributed by atoms with Crippen molar-refractivity contribution in [1.82, 2.24) is 24.9 Å². The van der Waals surface area contributed by atoms with Crippen LogP contribution in [0.5, 0.6) is 0 Å². The number of aromatic nitrogens is 4. The van der Waals surface area contributed by atoms with Gasteiger partial charge < -0.3 is 10.6 Å². The minimum Gasteiger partial charge on any atom is -0.362 e. The summed E-state index contributed by atoms with van der Waals surface area (Å²) < 4.78 is 3.89. The fourth-order valence-corrected chi connectivity index (χ4v) is 2.85. The van der Waals surface area contributed by atoms with Crippen LogP contribution >= 0.6 is 12.2 Å². The van der Waals surface area contributed by atoms with Crippen LogP contribution in [-0.4, -0.2) is 31.2 Å². The Balaban J connectivity index is 1.41. The average Bonchev–Trinajstić information content (AvgIpc) is 3.23. The molecule has 0 amide bonds. The summed E-state index contributed by atoms with van der Waals surface area (Å²) >= 11 is 5.35. The molecule has 0 aliphatic rings. The quantitative estimate of drug-likeness (QED) is 0.496. The van der Waals surface area contributed by atoms with Gasteiger partial charge in [0.15, 0.2) is 5.11 Å². The maximum Gasteiger partial charge on any atom is 0.170 e. The molecule has 0 radical (unpaired) electrons. The Bertz CT molecular complexity index is 849. The smallest absolute Gasteiger partial charge is 0.170 e. The molecule has 2 heterocycles. The number of rotatable bonds is 7. The van der Waals surface area contributed by atoms with E-state index in [1.165, 1.54) is 16.8 Å².